The molecule has 1 heterocycles. The smallest absolute Gasteiger partial charge is 0.237 e. The first-order valence-electron chi connectivity index (χ1n) is 7.69. The molecule has 0 atom stereocenters. The van der Waals surface area contributed by atoms with Crippen molar-refractivity contribution < 1.29 is 4.79 Å². The third kappa shape index (κ3) is 5.89. The lowest BCUT2D eigenvalue weighted by Crippen LogP contribution is -2.33. The van der Waals surface area contributed by atoms with Gasteiger partial charge >= 0.3 is 0 Å². The Bertz CT molecular complexity index is 751. The Morgan fingerprint density at radius 2 is 2.20 bits per heavy atom. The van der Waals surface area contributed by atoms with Gasteiger partial charge in [-0.25, -0.2) is 0 Å². The number of anilines is 2. The maximum atomic E-state index is 12.6. The highest BCUT2D eigenvalue weighted by Crippen LogP contribution is 2.26. The number of carbonyl (C=O) groups is 1. The molecule has 0 aliphatic carbocycles. The SMILES string of the molecule is C=CCNc1nnc(SCC(=O)N(CCC#N)c2ccc(C)cc2)s1. The van der Waals surface area contributed by atoms with Crippen LogP contribution >= 0.6 is 23.1 Å². The molecule has 0 aliphatic rings. The monoisotopic (exact) mass is 373 g/mol. The van der Waals surface area contributed by atoms with E-state index in [1.807, 2.05) is 31.2 Å². The second-order valence-electron chi connectivity index (χ2n) is 5.12. The topological polar surface area (TPSA) is 81.9 Å². The molecule has 1 aromatic carbocycles. The Morgan fingerprint density at radius 3 is 2.88 bits per heavy atom. The molecule has 0 saturated heterocycles. The fraction of sp³-hybridized carbons (Fsp3) is 0.294. The normalized spacial score (nSPS) is 10.1. The quantitative estimate of drug-likeness (QED) is 0.535. The van der Waals surface area contributed by atoms with Gasteiger partial charge in [0.25, 0.3) is 0 Å². The summed E-state index contributed by atoms with van der Waals surface area (Å²) in [6.45, 7) is 6.63. The molecule has 8 heteroatoms. The summed E-state index contributed by atoms with van der Waals surface area (Å²) >= 11 is 2.75. The molecule has 0 spiro atoms. The fourth-order valence-corrected chi connectivity index (χ4v) is 3.62. The van der Waals surface area contributed by atoms with Crippen LogP contribution in [-0.4, -0.2) is 34.9 Å². The van der Waals surface area contributed by atoms with Gasteiger partial charge in [0.15, 0.2) is 4.34 Å². The number of carbonyl (C=O) groups excluding carboxylic acids is 1. The highest BCUT2D eigenvalue weighted by Gasteiger charge is 2.17. The average Bonchev–Trinajstić information content (AvgIpc) is 3.07. The Hall–Kier alpha value is -2.37. The van der Waals surface area contributed by atoms with Gasteiger partial charge in [-0.1, -0.05) is 46.9 Å². The predicted octanol–water partition coefficient (Wildman–Crippen LogP) is 3.48. The number of benzene rings is 1. The number of aryl methyl sites for hydroxylation is 1. The van der Waals surface area contributed by atoms with E-state index in [0.717, 1.165) is 15.6 Å². The number of nitrogens with one attached hydrogen (secondary N) is 1. The van der Waals surface area contributed by atoms with E-state index < -0.39 is 0 Å². The average molecular weight is 374 g/mol. The summed E-state index contributed by atoms with van der Waals surface area (Å²) < 4.78 is 0.726. The van der Waals surface area contributed by atoms with Crippen molar-refractivity contribution in [2.75, 3.05) is 29.1 Å². The second-order valence-corrected chi connectivity index (χ2v) is 7.32. The van der Waals surface area contributed by atoms with Crippen molar-refractivity contribution >= 4 is 39.8 Å². The first-order chi connectivity index (χ1) is 12.1. The molecule has 0 bridgehead atoms. The van der Waals surface area contributed by atoms with Crippen molar-refractivity contribution in [1.82, 2.24) is 10.2 Å². The van der Waals surface area contributed by atoms with Crippen molar-refractivity contribution in [2.45, 2.75) is 17.7 Å². The molecule has 2 aromatic rings. The number of hydrogen-bond donors (Lipinski definition) is 1. The molecule has 0 aliphatic heterocycles. The first kappa shape index (κ1) is 19.0. The molecule has 0 fully saturated rings. The molecule has 1 N–H and O–H groups in total. The Balaban J connectivity index is 1.99. The van der Waals surface area contributed by atoms with E-state index in [1.54, 1.807) is 11.0 Å². The number of thioether (sulfide) groups is 1. The van der Waals surface area contributed by atoms with Crippen LogP contribution in [-0.2, 0) is 4.79 Å². The number of amides is 1. The standard InChI is InChI=1S/C17H19N5OS2/c1-3-10-19-16-20-21-17(25-16)24-12-15(23)22(11-4-9-18)14-7-5-13(2)6-8-14/h3,5-8H,1,4,10-12H2,2H3,(H,19,20). The highest BCUT2D eigenvalue weighted by molar-refractivity contribution is 8.01. The molecule has 0 saturated carbocycles. The van der Waals surface area contributed by atoms with Crippen LogP contribution in [0.1, 0.15) is 12.0 Å². The minimum Gasteiger partial charge on any atom is -0.357 e. The summed E-state index contributed by atoms with van der Waals surface area (Å²) in [5.74, 6) is 0.190. The van der Waals surface area contributed by atoms with Crippen LogP contribution in [0.3, 0.4) is 0 Å². The first-order valence-corrected chi connectivity index (χ1v) is 9.49. The molecule has 0 unspecified atom stereocenters. The van der Waals surface area contributed by atoms with Gasteiger partial charge in [0, 0.05) is 18.8 Å². The molecule has 1 aromatic heterocycles. The second kappa shape index (κ2) is 9.81. The minimum atomic E-state index is -0.0556. The minimum absolute atomic E-state index is 0.0556. The van der Waals surface area contributed by atoms with Gasteiger partial charge in [0.05, 0.1) is 18.2 Å². The largest absolute Gasteiger partial charge is 0.357 e. The molecule has 2 rings (SSSR count). The number of nitriles is 1. The third-order valence-electron chi connectivity index (χ3n) is 3.22. The zero-order chi connectivity index (χ0) is 18.1. The van der Waals surface area contributed by atoms with Gasteiger partial charge in [-0.05, 0) is 19.1 Å². The van der Waals surface area contributed by atoms with Gasteiger partial charge in [0.1, 0.15) is 0 Å². The van der Waals surface area contributed by atoms with Crippen molar-refractivity contribution in [3.63, 3.8) is 0 Å². The van der Waals surface area contributed by atoms with E-state index in [0.29, 0.717) is 24.6 Å². The Labute approximate surface area is 155 Å². The summed E-state index contributed by atoms with van der Waals surface area (Å²) in [5, 5.41) is 20.7. The van der Waals surface area contributed by atoms with E-state index >= 15 is 0 Å². The Morgan fingerprint density at radius 1 is 1.44 bits per heavy atom. The molecule has 1 amide bonds. The molecule has 130 valence electrons. The lowest BCUT2D eigenvalue weighted by Gasteiger charge is -2.21. The van der Waals surface area contributed by atoms with E-state index in [9.17, 15) is 4.79 Å². The van der Waals surface area contributed by atoms with Gasteiger partial charge in [-0.2, -0.15) is 5.26 Å². The van der Waals surface area contributed by atoms with Crippen molar-refractivity contribution in [3.8, 4) is 6.07 Å². The zero-order valence-electron chi connectivity index (χ0n) is 13.9. The van der Waals surface area contributed by atoms with Gasteiger partial charge in [0.2, 0.25) is 11.0 Å². The van der Waals surface area contributed by atoms with Crippen molar-refractivity contribution in [1.29, 1.82) is 5.26 Å². The van der Waals surface area contributed by atoms with Gasteiger partial charge in [-0.15, -0.1) is 16.8 Å². The Kier molecular flexibility index (Phi) is 7.44. The van der Waals surface area contributed by atoms with Crippen molar-refractivity contribution in [2.24, 2.45) is 0 Å². The molecular formula is C17H19N5OS2. The number of aromatic nitrogens is 2. The fourth-order valence-electron chi connectivity index (χ4n) is 1.98. The predicted molar refractivity (Wildman–Crippen MR) is 103 cm³/mol. The van der Waals surface area contributed by atoms with Crippen LogP contribution in [0, 0.1) is 18.3 Å². The van der Waals surface area contributed by atoms with E-state index in [-0.39, 0.29) is 11.7 Å². The van der Waals surface area contributed by atoms with E-state index in [1.165, 1.54) is 23.1 Å². The maximum absolute atomic E-state index is 12.6. The molecule has 25 heavy (non-hydrogen) atoms. The summed E-state index contributed by atoms with van der Waals surface area (Å²) in [6.07, 6.45) is 2.03. The maximum Gasteiger partial charge on any atom is 0.237 e. The summed E-state index contributed by atoms with van der Waals surface area (Å²) in [5.41, 5.74) is 1.93. The summed E-state index contributed by atoms with van der Waals surface area (Å²) in [7, 11) is 0. The van der Waals surface area contributed by atoms with Gasteiger partial charge < -0.3 is 10.2 Å². The van der Waals surface area contributed by atoms with Gasteiger partial charge in [-0.3, -0.25) is 4.79 Å². The van der Waals surface area contributed by atoms with E-state index in [4.69, 9.17) is 5.26 Å². The van der Waals surface area contributed by atoms with Crippen LogP contribution in [0.2, 0.25) is 0 Å². The van der Waals surface area contributed by atoms with Crippen LogP contribution in [0.4, 0.5) is 10.8 Å². The number of rotatable bonds is 9. The van der Waals surface area contributed by atoms with Crippen LogP contribution in [0.15, 0.2) is 41.3 Å². The third-order valence-corrected chi connectivity index (χ3v) is 5.22. The lowest BCUT2D eigenvalue weighted by molar-refractivity contribution is -0.116. The van der Waals surface area contributed by atoms with E-state index in [2.05, 4.69) is 28.2 Å². The summed E-state index contributed by atoms with van der Waals surface area (Å²) in [6, 6.07) is 9.81. The number of hydrogen-bond acceptors (Lipinski definition) is 7. The molecule has 0 radical (unpaired) electrons. The number of nitrogens with zero attached hydrogens (tertiary/aromatic N) is 4. The highest BCUT2D eigenvalue weighted by atomic mass is 32.2. The van der Waals surface area contributed by atoms with Crippen molar-refractivity contribution in [3.05, 3.63) is 42.5 Å². The molecule has 6 nitrogen and oxygen atoms in total. The zero-order valence-corrected chi connectivity index (χ0v) is 15.6. The van der Waals surface area contributed by atoms with Crippen LogP contribution in [0.25, 0.3) is 0 Å². The van der Waals surface area contributed by atoms with Crippen LogP contribution in [0.5, 0.6) is 0 Å². The summed E-state index contributed by atoms with van der Waals surface area (Å²) in [4.78, 5) is 14.3. The van der Waals surface area contributed by atoms with Crippen LogP contribution < -0.4 is 10.2 Å². The lowest BCUT2D eigenvalue weighted by atomic mass is 10.2. The molecular weight excluding hydrogens is 354 g/mol.